The fourth-order valence-electron chi connectivity index (χ4n) is 5.09. The normalized spacial score (nSPS) is 18.9. The molecule has 0 aliphatic carbocycles. The third kappa shape index (κ3) is 5.27. The Balaban J connectivity index is 1.25. The van der Waals surface area contributed by atoms with Gasteiger partial charge in [-0.05, 0) is 74.7 Å². The lowest BCUT2D eigenvalue weighted by atomic mass is 9.83. The molecule has 0 saturated carbocycles. The molecule has 6 rings (SSSR count). The first-order chi connectivity index (χ1) is 18.2. The minimum absolute atomic E-state index is 0.0124. The number of hydrogen-bond acceptors (Lipinski definition) is 7. The Bertz CT molecular complexity index is 1410. The van der Waals surface area contributed by atoms with E-state index in [1.807, 2.05) is 48.8 Å². The van der Waals surface area contributed by atoms with Gasteiger partial charge < -0.3 is 10.6 Å². The number of hydrogen-bond donors (Lipinski definition) is 2. The van der Waals surface area contributed by atoms with E-state index in [1.165, 1.54) is 17.7 Å². The van der Waals surface area contributed by atoms with Crippen LogP contribution in [-0.4, -0.2) is 33.8 Å². The van der Waals surface area contributed by atoms with Gasteiger partial charge in [0.2, 0.25) is 5.95 Å². The standard InChI is InChI=1S/C28H26Cl2N6S/c29-20-6-3-7-21(30)25(20)27-19(13-17-5-4-11-31-14-17)26-23(35-27)16-34-28(36-26)33-15-18-9-10-24(37-18)22-8-1-2-12-32-22/h1-3,6-10,12,16-17,19,31H,4-5,11,13-15H2,(H,33,34,36)/t17-,19?/m0/s1. The molecule has 2 aliphatic rings. The summed E-state index contributed by atoms with van der Waals surface area (Å²) >= 11 is 15.0. The summed E-state index contributed by atoms with van der Waals surface area (Å²) in [5.74, 6) is 1.15. The zero-order chi connectivity index (χ0) is 25.2. The summed E-state index contributed by atoms with van der Waals surface area (Å²) in [6.45, 7) is 2.72. The third-order valence-electron chi connectivity index (χ3n) is 6.89. The lowest BCUT2D eigenvalue weighted by molar-refractivity contribution is 0.352. The van der Waals surface area contributed by atoms with Gasteiger partial charge in [-0.2, -0.15) is 0 Å². The number of piperidine rings is 1. The molecule has 0 spiro atoms. The molecule has 6 nitrogen and oxygen atoms in total. The monoisotopic (exact) mass is 548 g/mol. The Morgan fingerprint density at radius 1 is 1.03 bits per heavy atom. The Labute approximate surface area is 230 Å². The zero-order valence-electron chi connectivity index (χ0n) is 20.1. The molecular formula is C28H26Cl2N6S. The first-order valence-corrected chi connectivity index (χ1v) is 14.1. The van der Waals surface area contributed by atoms with E-state index < -0.39 is 0 Å². The summed E-state index contributed by atoms with van der Waals surface area (Å²) in [6, 6.07) is 15.8. The maximum atomic E-state index is 6.63. The molecule has 9 heteroatoms. The number of anilines is 1. The quantitative estimate of drug-likeness (QED) is 0.257. The molecule has 0 radical (unpaired) electrons. The number of nitrogens with one attached hydrogen (secondary N) is 2. The molecule has 3 aromatic heterocycles. The number of pyridine rings is 1. The van der Waals surface area contributed by atoms with Crippen molar-refractivity contribution >= 4 is 51.9 Å². The molecule has 5 heterocycles. The van der Waals surface area contributed by atoms with Crippen LogP contribution in [0.5, 0.6) is 0 Å². The second-order valence-electron chi connectivity index (χ2n) is 9.39. The van der Waals surface area contributed by atoms with Crippen molar-refractivity contribution in [2.45, 2.75) is 31.7 Å². The molecule has 4 aromatic rings. The van der Waals surface area contributed by atoms with Gasteiger partial charge in [-0.1, -0.05) is 35.3 Å². The number of halogens is 2. The van der Waals surface area contributed by atoms with E-state index in [9.17, 15) is 0 Å². The van der Waals surface area contributed by atoms with Crippen molar-refractivity contribution in [1.82, 2.24) is 20.3 Å². The van der Waals surface area contributed by atoms with Crippen LogP contribution in [0.25, 0.3) is 10.6 Å². The van der Waals surface area contributed by atoms with Crippen molar-refractivity contribution in [3.8, 4) is 10.6 Å². The summed E-state index contributed by atoms with van der Waals surface area (Å²) < 4.78 is 0. The van der Waals surface area contributed by atoms with E-state index >= 15 is 0 Å². The van der Waals surface area contributed by atoms with E-state index in [4.69, 9.17) is 33.2 Å². The van der Waals surface area contributed by atoms with Crippen LogP contribution < -0.4 is 10.6 Å². The predicted molar refractivity (Wildman–Crippen MR) is 153 cm³/mol. The molecule has 2 aliphatic heterocycles. The van der Waals surface area contributed by atoms with Crippen molar-refractivity contribution < 1.29 is 0 Å². The van der Waals surface area contributed by atoms with Crippen molar-refractivity contribution in [3.63, 3.8) is 0 Å². The minimum atomic E-state index is 0.0124. The lowest BCUT2D eigenvalue weighted by Crippen LogP contribution is -2.31. The van der Waals surface area contributed by atoms with Gasteiger partial charge in [0.05, 0.1) is 44.8 Å². The van der Waals surface area contributed by atoms with E-state index in [1.54, 1.807) is 11.3 Å². The molecular weight excluding hydrogens is 523 g/mol. The fraction of sp³-hybridized carbons (Fsp3) is 0.286. The molecule has 2 atom stereocenters. The van der Waals surface area contributed by atoms with E-state index in [0.29, 0.717) is 28.5 Å². The summed E-state index contributed by atoms with van der Waals surface area (Å²) in [6.07, 6.45) is 6.94. The molecule has 1 saturated heterocycles. The van der Waals surface area contributed by atoms with Crippen molar-refractivity contribution in [1.29, 1.82) is 0 Å². The Morgan fingerprint density at radius 2 is 1.92 bits per heavy atom. The second kappa shape index (κ2) is 10.9. The van der Waals surface area contributed by atoms with Gasteiger partial charge in [0.15, 0.2) is 0 Å². The van der Waals surface area contributed by atoms with Crippen LogP contribution in [-0.2, 0) is 6.54 Å². The van der Waals surface area contributed by atoms with Gasteiger partial charge in [0.1, 0.15) is 5.69 Å². The summed E-state index contributed by atoms with van der Waals surface area (Å²) in [7, 11) is 0. The number of benzene rings is 1. The van der Waals surface area contributed by atoms with Crippen molar-refractivity contribution in [3.05, 3.63) is 87.1 Å². The predicted octanol–water partition coefficient (Wildman–Crippen LogP) is 7.13. The van der Waals surface area contributed by atoms with Crippen LogP contribution in [0.15, 0.2) is 65.9 Å². The number of fused-ring (bicyclic) bond motifs is 1. The largest absolute Gasteiger partial charge is 0.349 e. The highest BCUT2D eigenvalue weighted by Crippen LogP contribution is 2.43. The summed E-state index contributed by atoms with van der Waals surface area (Å²) in [5.41, 5.74) is 4.40. The second-order valence-corrected chi connectivity index (χ2v) is 11.4. The van der Waals surface area contributed by atoms with E-state index in [0.717, 1.165) is 52.7 Å². The number of thiophene rings is 1. The van der Waals surface area contributed by atoms with Gasteiger partial charge in [0, 0.05) is 22.6 Å². The Hall–Kier alpha value is -2.84. The van der Waals surface area contributed by atoms with Crippen molar-refractivity contribution in [2.75, 3.05) is 18.4 Å². The van der Waals surface area contributed by atoms with Gasteiger partial charge in [-0.25, -0.2) is 15.0 Å². The highest BCUT2D eigenvalue weighted by atomic mass is 35.5. The van der Waals surface area contributed by atoms with Gasteiger partial charge in [-0.3, -0.25) is 4.98 Å². The number of aromatic nitrogens is 3. The fourth-order valence-corrected chi connectivity index (χ4v) is 6.61. The number of rotatable bonds is 7. The van der Waals surface area contributed by atoms with Crippen LogP contribution in [0.1, 0.15) is 41.3 Å². The topological polar surface area (TPSA) is 75.1 Å². The first kappa shape index (κ1) is 24.5. The molecule has 1 unspecified atom stereocenters. The maximum Gasteiger partial charge on any atom is 0.223 e. The van der Waals surface area contributed by atoms with Crippen molar-refractivity contribution in [2.24, 2.45) is 10.9 Å². The zero-order valence-corrected chi connectivity index (χ0v) is 22.5. The van der Waals surface area contributed by atoms with E-state index in [-0.39, 0.29) is 5.92 Å². The van der Waals surface area contributed by atoms with Crippen LogP contribution in [0, 0.1) is 5.92 Å². The highest BCUT2D eigenvalue weighted by molar-refractivity contribution is 7.15. The Morgan fingerprint density at radius 3 is 2.70 bits per heavy atom. The smallest absolute Gasteiger partial charge is 0.223 e. The van der Waals surface area contributed by atoms with Gasteiger partial charge >= 0.3 is 0 Å². The SMILES string of the molecule is Clc1cccc(Cl)c1C1=Nc2cnc(NCc3ccc(-c4ccccn4)s3)nc2C1C[C@@H]1CCCNC1. The van der Waals surface area contributed by atoms with E-state index in [2.05, 4.69) is 32.7 Å². The molecule has 1 aromatic carbocycles. The third-order valence-corrected chi connectivity index (χ3v) is 8.62. The molecule has 2 N–H and O–H groups in total. The average molecular weight is 550 g/mol. The van der Waals surface area contributed by atoms with Crippen LogP contribution >= 0.6 is 34.5 Å². The van der Waals surface area contributed by atoms with Gasteiger partial charge in [-0.15, -0.1) is 11.3 Å². The summed E-state index contributed by atoms with van der Waals surface area (Å²) in [5, 5.41) is 8.16. The molecule has 1 fully saturated rings. The Kier molecular flexibility index (Phi) is 7.20. The first-order valence-electron chi connectivity index (χ1n) is 12.5. The molecule has 37 heavy (non-hydrogen) atoms. The maximum absolute atomic E-state index is 6.63. The summed E-state index contributed by atoms with van der Waals surface area (Å²) in [4.78, 5) is 21.3. The lowest BCUT2D eigenvalue weighted by Gasteiger charge is -2.26. The number of aliphatic imine (C=N–C) groups is 1. The highest BCUT2D eigenvalue weighted by Gasteiger charge is 2.35. The van der Waals surface area contributed by atoms with Crippen LogP contribution in [0.2, 0.25) is 10.0 Å². The number of nitrogens with zero attached hydrogens (tertiary/aromatic N) is 4. The van der Waals surface area contributed by atoms with Crippen LogP contribution in [0.3, 0.4) is 0 Å². The molecule has 0 amide bonds. The average Bonchev–Trinajstić information content (AvgIpc) is 3.54. The van der Waals surface area contributed by atoms with Gasteiger partial charge in [0.25, 0.3) is 0 Å². The van der Waals surface area contributed by atoms with Crippen LogP contribution in [0.4, 0.5) is 11.6 Å². The molecule has 0 bridgehead atoms. The minimum Gasteiger partial charge on any atom is -0.349 e. The molecule has 188 valence electrons.